The number of carboxylic acids is 1. The number of nitro groups is 1. The van der Waals surface area contributed by atoms with Crippen LogP contribution in [0.3, 0.4) is 0 Å². The Kier molecular flexibility index (Phi) is 5.31. The monoisotopic (exact) mass is 391 g/mol. The van der Waals surface area contributed by atoms with Crippen LogP contribution in [0.1, 0.15) is 26.3 Å². The minimum absolute atomic E-state index is 0. The van der Waals surface area contributed by atoms with Gasteiger partial charge >= 0.3 is 5.97 Å². The van der Waals surface area contributed by atoms with E-state index in [0.29, 0.717) is 5.56 Å². The number of fused-ring (bicyclic) bond motifs is 1. The highest BCUT2D eigenvalue weighted by atomic mass is 35.5. The third kappa shape index (κ3) is 3.65. The number of nitrogens with two attached hydrogens (primary N) is 2. The fourth-order valence-corrected chi connectivity index (χ4v) is 2.79. The molecule has 0 saturated heterocycles. The van der Waals surface area contributed by atoms with E-state index in [2.05, 4.69) is 10.3 Å². The molecule has 27 heavy (non-hydrogen) atoms. The summed E-state index contributed by atoms with van der Waals surface area (Å²) in [7, 11) is 0. The lowest BCUT2D eigenvalue weighted by Crippen LogP contribution is -2.21. The molecular formula is C16H14ClN5O5. The number of halogens is 1. The van der Waals surface area contributed by atoms with Crippen molar-refractivity contribution in [1.82, 2.24) is 5.32 Å². The van der Waals surface area contributed by atoms with E-state index >= 15 is 0 Å². The van der Waals surface area contributed by atoms with Gasteiger partial charge in [-0.25, -0.2) is 9.79 Å². The maximum Gasteiger partial charge on any atom is 0.336 e. The molecule has 0 bridgehead atoms. The lowest BCUT2D eigenvalue weighted by Gasteiger charge is -2.10. The van der Waals surface area contributed by atoms with Crippen LogP contribution in [0, 0.1) is 10.1 Å². The first-order chi connectivity index (χ1) is 12.3. The maximum atomic E-state index is 11.8. The molecule has 0 aromatic heterocycles. The lowest BCUT2D eigenvalue weighted by molar-refractivity contribution is -0.384. The molecular weight excluding hydrogens is 378 g/mol. The van der Waals surface area contributed by atoms with Crippen molar-refractivity contribution in [3.05, 3.63) is 57.1 Å². The Hall–Kier alpha value is -3.66. The van der Waals surface area contributed by atoms with E-state index in [-0.39, 0.29) is 58.5 Å². The van der Waals surface area contributed by atoms with Gasteiger partial charge in [-0.1, -0.05) is 0 Å². The zero-order valence-electron chi connectivity index (χ0n) is 13.6. The van der Waals surface area contributed by atoms with Crippen LogP contribution in [0.4, 0.5) is 11.4 Å². The molecule has 1 aliphatic rings. The summed E-state index contributed by atoms with van der Waals surface area (Å²) in [4.78, 5) is 38.0. The lowest BCUT2D eigenvalue weighted by atomic mass is 9.94. The first kappa shape index (κ1) is 19.7. The summed E-state index contributed by atoms with van der Waals surface area (Å²) < 4.78 is 0. The number of carbonyl (C=O) groups is 2. The molecule has 1 heterocycles. The summed E-state index contributed by atoms with van der Waals surface area (Å²) in [6.07, 6.45) is 0. The number of aromatic carboxylic acids is 1. The number of guanidine groups is 1. The molecule has 10 nitrogen and oxygen atoms in total. The van der Waals surface area contributed by atoms with Gasteiger partial charge in [0.1, 0.15) is 0 Å². The zero-order chi connectivity index (χ0) is 19.0. The number of benzene rings is 2. The Morgan fingerprint density at radius 3 is 2.48 bits per heavy atom. The predicted octanol–water partition coefficient (Wildman–Crippen LogP) is 1.53. The van der Waals surface area contributed by atoms with Crippen LogP contribution in [0.2, 0.25) is 0 Å². The van der Waals surface area contributed by atoms with E-state index in [1.807, 2.05) is 0 Å². The number of hydrogen-bond donors (Lipinski definition) is 4. The second kappa shape index (κ2) is 7.30. The second-order valence-electron chi connectivity index (χ2n) is 5.54. The third-order valence-electron chi connectivity index (χ3n) is 3.88. The van der Waals surface area contributed by atoms with E-state index in [1.54, 1.807) is 0 Å². The number of nitrogens with zero attached hydrogens (tertiary/aromatic N) is 2. The quantitative estimate of drug-likeness (QED) is 0.264. The van der Waals surface area contributed by atoms with Crippen LogP contribution in [0.15, 0.2) is 35.3 Å². The van der Waals surface area contributed by atoms with Crippen molar-refractivity contribution >= 4 is 41.6 Å². The molecule has 0 spiro atoms. The van der Waals surface area contributed by atoms with E-state index < -0.39 is 16.8 Å². The van der Waals surface area contributed by atoms with Gasteiger partial charge < -0.3 is 21.9 Å². The Balaban J connectivity index is 0.00000261. The largest absolute Gasteiger partial charge is 0.478 e. The number of carboxylic acid groups (broad SMARTS) is 1. The minimum atomic E-state index is -1.26. The van der Waals surface area contributed by atoms with Crippen molar-refractivity contribution in [1.29, 1.82) is 0 Å². The van der Waals surface area contributed by atoms with Crippen LogP contribution in [0.5, 0.6) is 0 Å². The minimum Gasteiger partial charge on any atom is -0.478 e. The van der Waals surface area contributed by atoms with Gasteiger partial charge in [0.15, 0.2) is 5.96 Å². The number of amides is 1. The number of rotatable bonds is 4. The van der Waals surface area contributed by atoms with E-state index in [0.717, 1.165) is 6.07 Å². The van der Waals surface area contributed by atoms with Gasteiger partial charge in [-0.15, -0.1) is 12.4 Å². The summed E-state index contributed by atoms with van der Waals surface area (Å²) in [6, 6.07) is 6.58. The van der Waals surface area contributed by atoms with Gasteiger partial charge in [0, 0.05) is 18.2 Å². The summed E-state index contributed by atoms with van der Waals surface area (Å²) in [5.74, 6) is -1.92. The molecule has 2 aromatic carbocycles. The standard InChI is InChI=1S/C16H13N5O5.ClH/c17-16(18)20-8-1-2-9(15(23)24)11(4-8)12-3-7-6-19-14(22)10(7)5-13(12)21(25)26;/h1-5H,6H2,(H,19,22)(H,23,24)(H4,17,18,20);1H. The molecule has 11 heteroatoms. The molecule has 1 amide bonds. The number of hydrogen-bond acceptors (Lipinski definition) is 5. The van der Waals surface area contributed by atoms with Gasteiger partial charge in [0.25, 0.3) is 11.6 Å². The Labute approximate surface area is 158 Å². The Bertz CT molecular complexity index is 1000. The van der Waals surface area contributed by atoms with Gasteiger partial charge in [0.05, 0.1) is 27.3 Å². The molecule has 0 fully saturated rings. The summed E-state index contributed by atoms with van der Waals surface area (Å²) >= 11 is 0. The molecule has 0 aliphatic carbocycles. The zero-order valence-corrected chi connectivity index (χ0v) is 14.4. The number of carbonyl (C=O) groups excluding carboxylic acids is 1. The van der Waals surface area contributed by atoms with Crippen LogP contribution in [-0.4, -0.2) is 27.9 Å². The summed E-state index contributed by atoms with van der Waals surface area (Å²) in [5.41, 5.74) is 11.3. The highest BCUT2D eigenvalue weighted by Gasteiger charge is 2.28. The summed E-state index contributed by atoms with van der Waals surface area (Å²) in [5, 5.41) is 23.5. The van der Waals surface area contributed by atoms with Gasteiger partial charge in [-0.05, 0) is 29.8 Å². The topological polar surface area (TPSA) is 174 Å². The molecule has 1 aliphatic heterocycles. The molecule has 3 rings (SSSR count). The van der Waals surface area contributed by atoms with Crippen molar-refractivity contribution in [2.45, 2.75) is 6.54 Å². The Morgan fingerprint density at radius 2 is 1.89 bits per heavy atom. The van der Waals surface area contributed by atoms with Crippen molar-refractivity contribution in [2.75, 3.05) is 0 Å². The predicted molar refractivity (Wildman–Crippen MR) is 99.4 cm³/mol. The van der Waals surface area contributed by atoms with Crippen LogP contribution >= 0.6 is 12.4 Å². The number of nitro benzene ring substituents is 1. The number of aliphatic imine (C=N–C) groups is 1. The highest BCUT2D eigenvalue weighted by Crippen LogP contribution is 2.37. The first-order valence-electron chi connectivity index (χ1n) is 7.35. The molecule has 2 aromatic rings. The van der Waals surface area contributed by atoms with Crippen LogP contribution in [0.25, 0.3) is 11.1 Å². The van der Waals surface area contributed by atoms with Crippen molar-refractivity contribution in [3.63, 3.8) is 0 Å². The number of nitrogens with one attached hydrogen (secondary N) is 1. The molecule has 140 valence electrons. The SMILES string of the molecule is Cl.NC(N)=Nc1ccc(C(=O)O)c(-c2cc3c(cc2[N+](=O)[O-])C(=O)NC3)c1. The average Bonchev–Trinajstić information content (AvgIpc) is 2.93. The maximum absolute atomic E-state index is 11.8. The molecule has 0 unspecified atom stereocenters. The van der Waals surface area contributed by atoms with E-state index in [9.17, 15) is 24.8 Å². The Morgan fingerprint density at radius 1 is 1.19 bits per heavy atom. The van der Waals surface area contributed by atoms with Crippen molar-refractivity contribution in [3.8, 4) is 11.1 Å². The normalized spacial score (nSPS) is 11.8. The van der Waals surface area contributed by atoms with E-state index in [1.165, 1.54) is 24.3 Å². The fraction of sp³-hybridized carbons (Fsp3) is 0.0625. The average molecular weight is 392 g/mol. The molecule has 0 radical (unpaired) electrons. The van der Waals surface area contributed by atoms with Gasteiger partial charge in [-0.3, -0.25) is 14.9 Å². The molecule has 0 saturated carbocycles. The van der Waals surface area contributed by atoms with Crippen LogP contribution in [-0.2, 0) is 6.54 Å². The van der Waals surface area contributed by atoms with Crippen LogP contribution < -0.4 is 16.8 Å². The first-order valence-corrected chi connectivity index (χ1v) is 7.35. The fourth-order valence-electron chi connectivity index (χ4n) is 2.79. The van der Waals surface area contributed by atoms with Crippen molar-refractivity contribution in [2.24, 2.45) is 16.5 Å². The van der Waals surface area contributed by atoms with Gasteiger partial charge in [0.2, 0.25) is 0 Å². The van der Waals surface area contributed by atoms with Crippen molar-refractivity contribution < 1.29 is 19.6 Å². The molecule has 0 atom stereocenters. The third-order valence-corrected chi connectivity index (χ3v) is 3.88. The smallest absolute Gasteiger partial charge is 0.336 e. The molecule has 6 N–H and O–H groups in total. The second-order valence-corrected chi connectivity index (χ2v) is 5.54. The van der Waals surface area contributed by atoms with E-state index in [4.69, 9.17) is 11.5 Å². The summed E-state index contributed by atoms with van der Waals surface area (Å²) in [6.45, 7) is 0.204. The van der Waals surface area contributed by atoms with Gasteiger partial charge in [-0.2, -0.15) is 0 Å². The highest BCUT2D eigenvalue weighted by molar-refractivity contribution is 6.02.